The maximum absolute atomic E-state index is 8.82. The smallest absolute Gasteiger partial charge is 0.156 e. The lowest BCUT2D eigenvalue weighted by Crippen LogP contribution is -2.50. The molecule has 5 heteroatoms. The molecular weight excluding hydrogens is 218 g/mol. The summed E-state index contributed by atoms with van der Waals surface area (Å²) in [6.45, 7) is 2.83. The summed E-state index contributed by atoms with van der Waals surface area (Å²) in [5.41, 5.74) is 5.76. The van der Waals surface area contributed by atoms with Crippen LogP contribution in [-0.2, 0) is 4.74 Å². The van der Waals surface area contributed by atoms with E-state index in [1.807, 2.05) is 0 Å². The minimum Gasteiger partial charge on any atom is -0.409 e. The summed E-state index contributed by atoms with van der Waals surface area (Å²) in [5, 5.41) is 12.0. The van der Waals surface area contributed by atoms with Crippen LogP contribution in [0.4, 0.5) is 0 Å². The van der Waals surface area contributed by atoms with Crippen molar-refractivity contribution in [1.82, 2.24) is 4.90 Å². The van der Waals surface area contributed by atoms with Crippen LogP contribution in [0.3, 0.4) is 0 Å². The Morgan fingerprint density at radius 1 is 1.29 bits per heavy atom. The Bertz CT molecular complexity index is 264. The third-order valence-electron chi connectivity index (χ3n) is 3.78. The predicted molar refractivity (Wildman–Crippen MR) is 66.2 cm³/mol. The van der Waals surface area contributed by atoms with E-state index in [0.717, 1.165) is 39.0 Å². The molecule has 0 aromatic heterocycles. The van der Waals surface area contributed by atoms with E-state index < -0.39 is 0 Å². The number of ether oxygens (including phenoxy) is 1. The van der Waals surface area contributed by atoms with Crippen molar-refractivity contribution in [1.29, 1.82) is 0 Å². The third-order valence-corrected chi connectivity index (χ3v) is 3.78. The first-order valence-electron chi connectivity index (χ1n) is 6.64. The average Bonchev–Trinajstić information content (AvgIpc) is 2.40. The Balaban J connectivity index is 1.91. The highest BCUT2D eigenvalue weighted by atomic mass is 16.5. The summed E-state index contributed by atoms with van der Waals surface area (Å²) in [7, 11) is 0. The fourth-order valence-corrected chi connectivity index (χ4v) is 2.82. The predicted octanol–water partition coefficient (Wildman–Crippen LogP) is 1.16. The molecule has 2 rings (SSSR count). The molecule has 0 aromatic carbocycles. The molecular formula is C12H23N3O2. The maximum atomic E-state index is 8.82. The molecule has 98 valence electrons. The Labute approximate surface area is 103 Å². The Kier molecular flexibility index (Phi) is 4.62. The van der Waals surface area contributed by atoms with Crippen LogP contribution in [0.1, 0.15) is 38.5 Å². The van der Waals surface area contributed by atoms with Gasteiger partial charge in [0.1, 0.15) is 0 Å². The van der Waals surface area contributed by atoms with Crippen molar-refractivity contribution in [3.05, 3.63) is 0 Å². The molecule has 17 heavy (non-hydrogen) atoms. The molecule has 2 aliphatic heterocycles. The molecule has 0 spiro atoms. The minimum atomic E-state index is 0.0966. The highest BCUT2D eigenvalue weighted by molar-refractivity contribution is 5.85. The van der Waals surface area contributed by atoms with Crippen LogP contribution in [0.25, 0.3) is 0 Å². The fourth-order valence-electron chi connectivity index (χ4n) is 2.82. The molecule has 2 unspecified atom stereocenters. The van der Waals surface area contributed by atoms with Crippen molar-refractivity contribution in [2.45, 2.75) is 50.7 Å². The lowest BCUT2D eigenvalue weighted by atomic mass is 9.99. The van der Waals surface area contributed by atoms with Crippen LogP contribution in [0.15, 0.2) is 5.16 Å². The minimum absolute atomic E-state index is 0.0966. The summed E-state index contributed by atoms with van der Waals surface area (Å²) in [4.78, 5) is 2.31. The first kappa shape index (κ1) is 12.6. The van der Waals surface area contributed by atoms with Gasteiger partial charge in [-0.25, -0.2) is 0 Å². The van der Waals surface area contributed by atoms with Gasteiger partial charge in [-0.05, 0) is 38.6 Å². The van der Waals surface area contributed by atoms with E-state index in [4.69, 9.17) is 15.7 Å². The van der Waals surface area contributed by atoms with E-state index in [1.54, 1.807) is 0 Å². The molecule has 0 amide bonds. The second kappa shape index (κ2) is 6.21. The van der Waals surface area contributed by atoms with Gasteiger partial charge in [0.05, 0.1) is 12.1 Å². The largest absolute Gasteiger partial charge is 0.409 e. The number of hydrogen-bond acceptors (Lipinski definition) is 4. The fraction of sp³-hybridized carbons (Fsp3) is 0.917. The summed E-state index contributed by atoms with van der Waals surface area (Å²) < 4.78 is 5.76. The van der Waals surface area contributed by atoms with E-state index in [-0.39, 0.29) is 6.04 Å². The lowest BCUT2D eigenvalue weighted by Gasteiger charge is -2.37. The average molecular weight is 241 g/mol. The van der Waals surface area contributed by atoms with Gasteiger partial charge in [-0.15, -0.1) is 0 Å². The molecule has 5 nitrogen and oxygen atoms in total. The van der Waals surface area contributed by atoms with E-state index >= 15 is 0 Å². The summed E-state index contributed by atoms with van der Waals surface area (Å²) in [6, 6.07) is 0.0966. The van der Waals surface area contributed by atoms with Crippen molar-refractivity contribution in [3.8, 4) is 0 Å². The molecule has 2 heterocycles. The van der Waals surface area contributed by atoms with E-state index in [1.165, 1.54) is 19.3 Å². The summed E-state index contributed by atoms with van der Waals surface area (Å²) >= 11 is 0. The van der Waals surface area contributed by atoms with Crippen molar-refractivity contribution in [3.63, 3.8) is 0 Å². The monoisotopic (exact) mass is 241 g/mol. The molecule has 2 atom stereocenters. The van der Waals surface area contributed by atoms with Crippen molar-refractivity contribution >= 4 is 5.84 Å². The van der Waals surface area contributed by atoms with Gasteiger partial charge in [0.25, 0.3) is 0 Å². The number of hydrogen-bond donors (Lipinski definition) is 2. The number of likely N-dealkylation sites (tertiary alicyclic amines) is 1. The molecule has 0 bridgehead atoms. The molecule has 0 aromatic rings. The van der Waals surface area contributed by atoms with Crippen molar-refractivity contribution in [2.24, 2.45) is 10.9 Å². The number of piperidine rings is 1. The normalized spacial score (nSPS) is 32.6. The van der Waals surface area contributed by atoms with E-state index in [2.05, 4.69) is 10.1 Å². The summed E-state index contributed by atoms with van der Waals surface area (Å²) in [6.07, 6.45) is 7.25. The highest BCUT2D eigenvalue weighted by Crippen LogP contribution is 2.21. The molecule has 2 aliphatic rings. The van der Waals surface area contributed by atoms with Gasteiger partial charge >= 0.3 is 0 Å². The first-order valence-corrected chi connectivity index (χ1v) is 6.64. The van der Waals surface area contributed by atoms with E-state index in [0.29, 0.717) is 11.9 Å². The van der Waals surface area contributed by atoms with Gasteiger partial charge in [0.15, 0.2) is 5.84 Å². The van der Waals surface area contributed by atoms with Crippen molar-refractivity contribution in [2.75, 3.05) is 19.7 Å². The number of amidine groups is 1. The second-order valence-electron chi connectivity index (χ2n) is 5.02. The number of nitrogens with two attached hydrogens (primary N) is 1. The SMILES string of the molecule is NC(=NO)C1CCCCN1CC1CCCCO1. The van der Waals surface area contributed by atoms with Crippen LogP contribution < -0.4 is 5.73 Å². The van der Waals surface area contributed by atoms with Gasteiger partial charge in [-0.1, -0.05) is 11.6 Å². The summed E-state index contributed by atoms with van der Waals surface area (Å²) in [5.74, 6) is 0.348. The topological polar surface area (TPSA) is 71.1 Å². The highest BCUT2D eigenvalue weighted by Gasteiger charge is 2.28. The Morgan fingerprint density at radius 2 is 2.12 bits per heavy atom. The second-order valence-corrected chi connectivity index (χ2v) is 5.02. The molecule has 0 saturated carbocycles. The van der Waals surface area contributed by atoms with Crippen LogP contribution in [0.5, 0.6) is 0 Å². The van der Waals surface area contributed by atoms with Crippen LogP contribution in [0.2, 0.25) is 0 Å². The zero-order valence-corrected chi connectivity index (χ0v) is 10.3. The zero-order chi connectivity index (χ0) is 12.1. The first-order chi connectivity index (χ1) is 8.31. The quantitative estimate of drug-likeness (QED) is 0.336. The lowest BCUT2D eigenvalue weighted by molar-refractivity contribution is -0.0133. The van der Waals surface area contributed by atoms with Gasteiger partial charge < -0.3 is 15.7 Å². The van der Waals surface area contributed by atoms with Gasteiger partial charge in [-0.2, -0.15) is 0 Å². The number of nitrogens with zero attached hydrogens (tertiary/aromatic N) is 2. The van der Waals surface area contributed by atoms with Crippen LogP contribution in [0, 0.1) is 0 Å². The van der Waals surface area contributed by atoms with E-state index in [9.17, 15) is 0 Å². The molecule has 0 aliphatic carbocycles. The standard InChI is InChI=1S/C12H23N3O2/c13-12(14-16)11-6-1-3-7-15(11)9-10-5-2-4-8-17-10/h10-11,16H,1-9H2,(H2,13,14). The zero-order valence-electron chi connectivity index (χ0n) is 10.3. The molecule has 2 fully saturated rings. The number of rotatable bonds is 3. The van der Waals surface area contributed by atoms with Gasteiger partial charge in [0, 0.05) is 13.2 Å². The van der Waals surface area contributed by atoms with Crippen LogP contribution in [-0.4, -0.2) is 47.8 Å². The number of oxime groups is 1. The Morgan fingerprint density at radius 3 is 2.82 bits per heavy atom. The Hall–Kier alpha value is -0.810. The molecule has 3 N–H and O–H groups in total. The molecule has 0 radical (unpaired) electrons. The molecule has 2 saturated heterocycles. The van der Waals surface area contributed by atoms with Crippen LogP contribution >= 0.6 is 0 Å². The van der Waals surface area contributed by atoms with Gasteiger partial charge in [-0.3, -0.25) is 4.90 Å². The van der Waals surface area contributed by atoms with Crippen molar-refractivity contribution < 1.29 is 9.94 Å². The maximum Gasteiger partial charge on any atom is 0.156 e. The third kappa shape index (κ3) is 3.33. The van der Waals surface area contributed by atoms with Gasteiger partial charge in [0.2, 0.25) is 0 Å².